The zero-order valence-electron chi connectivity index (χ0n) is 15.1. The molecule has 0 saturated carbocycles. The van der Waals surface area contributed by atoms with E-state index in [0.29, 0.717) is 30.4 Å². The van der Waals surface area contributed by atoms with Gasteiger partial charge in [-0.25, -0.2) is 8.42 Å². The summed E-state index contributed by atoms with van der Waals surface area (Å²) in [5.74, 6) is 0.213. The average Bonchev–Trinajstić information content (AvgIpc) is 3.11. The first-order valence-electron chi connectivity index (χ1n) is 8.97. The molecule has 2 heterocycles. The molecule has 0 radical (unpaired) electrons. The highest BCUT2D eigenvalue weighted by molar-refractivity contribution is 7.89. The van der Waals surface area contributed by atoms with E-state index in [1.165, 1.54) is 4.31 Å². The predicted molar refractivity (Wildman–Crippen MR) is 104 cm³/mol. The molecule has 3 rings (SSSR count). The molecule has 26 heavy (non-hydrogen) atoms. The lowest BCUT2D eigenvalue weighted by atomic mass is 9.98. The van der Waals surface area contributed by atoms with E-state index in [-0.39, 0.29) is 30.8 Å². The molecule has 0 spiro atoms. The van der Waals surface area contributed by atoms with E-state index < -0.39 is 10.0 Å². The Bertz CT molecular complexity index is 724. The maximum Gasteiger partial charge on any atom is 0.243 e. The second-order valence-electron chi connectivity index (χ2n) is 7.19. The highest BCUT2D eigenvalue weighted by Crippen LogP contribution is 2.27. The molecule has 1 aromatic rings. The lowest BCUT2D eigenvalue weighted by molar-refractivity contribution is -0.135. The van der Waals surface area contributed by atoms with Gasteiger partial charge in [-0.15, -0.1) is 12.4 Å². The fourth-order valence-corrected chi connectivity index (χ4v) is 5.23. The van der Waals surface area contributed by atoms with E-state index in [1.54, 1.807) is 24.3 Å². The van der Waals surface area contributed by atoms with Gasteiger partial charge in [-0.3, -0.25) is 4.79 Å². The van der Waals surface area contributed by atoms with Crippen LogP contribution in [0.25, 0.3) is 0 Å². The summed E-state index contributed by atoms with van der Waals surface area (Å²) in [7, 11) is -3.54. The van der Waals surface area contributed by atoms with Crippen LogP contribution in [-0.2, 0) is 14.8 Å². The van der Waals surface area contributed by atoms with Crippen LogP contribution in [0.15, 0.2) is 29.2 Å². The largest absolute Gasteiger partial charge is 0.342 e. The second kappa shape index (κ2) is 8.69. The molecule has 2 unspecified atom stereocenters. The van der Waals surface area contributed by atoms with Gasteiger partial charge in [-0.2, -0.15) is 4.31 Å². The lowest BCUT2D eigenvalue weighted by Gasteiger charge is -2.33. The Morgan fingerprint density at radius 2 is 1.85 bits per heavy atom. The molecule has 1 amide bonds. The van der Waals surface area contributed by atoms with Crippen molar-refractivity contribution in [2.24, 2.45) is 17.6 Å². The Hall–Kier alpha value is -1.15. The molecule has 2 aliphatic rings. The molecule has 2 aliphatic heterocycles. The quantitative estimate of drug-likeness (QED) is 0.830. The normalized spacial score (nSPS) is 24.3. The second-order valence-corrected chi connectivity index (χ2v) is 9.13. The van der Waals surface area contributed by atoms with Crippen LogP contribution in [0.1, 0.15) is 24.8 Å². The minimum Gasteiger partial charge on any atom is -0.342 e. The number of nitrogens with two attached hydrogens (primary N) is 1. The maximum atomic E-state index is 12.9. The number of likely N-dealkylation sites (tertiary alicyclic amines) is 1. The van der Waals surface area contributed by atoms with E-state index in [9.17, 15) is 13.2 Å². The third kappa shape index (κ3) is 4.39. The molecule has 2 atom stereocenters. The number of rotatable bonds is 4. The number of sulfonamides is 1. The first-order chi connectivity index (χ1) is 11.9. The van der Waals surface area contributed by atoms with Crippen molar-refractivity contribution >= 4 is 28.3 Å². The van der Waals surface area contributed by atoms with Gasteiger partial charge in [-0.05, 0) is 50.8 Å². The Labute approximate surface area is 162 Å². The number of hydrogen-bond acceptors (Lipinski definition) is 4. The monoisotopic (exact) mass is 401 g/mol. The molecule has 1 aromatic carbocycles. The molecule has 6 nitrogen and oxygen atoms in total. The van der Waals surface area contributed by atoms with Gasteiger partial charge in [0.1, 0.15) is 0 Å². The molecule has 146 valence electrons. The number of hydrogen-bond donors (Lipinski definition) is 1. The number of carbonyl (C=O) groups excluding carboxylic acids is 1. The van der Waals surface area contributed by atoms with Gasteiger partial charge in [-0.1, -0.05) is 17.7 Å². The summed E-state index contributed by atoms with van der Waals surface area (Å²) >= 11 is 0. The number of amides is 1. The molecule has 2 fully saturated rings. The van der Waals surface area contributed by atoms with Crippen molar-refractivity contribution in [3.63, 3.8) is 0 Å². The van der Waals surface area contributed by atoms with Crippen LogP contribution in [0, 0.1) is 18.8 Å². The van der Waals surface area contributed by atoms with Crippen LogP contribution >= 0.6 is 12.4 Å². The molecular weight excluding hydrogens is 374 g/mol. The minimum absolute atomic E-state index is 0. The van der Waals surface area contributed by atoms with Crippen LogP contribution in [-0.4, -0.2) is 56.3 Å². The Kier molecular flexibility index (Phi) is 7.07. The molecule has 0 aromatic heterocycles. The van der Waals surface area contributed by atoms with Crippen molar-refractivity contribution < 1.29 is 13.2 Å². The smallest absolute Gasteiger partial charge is 0.243 e. The van der Waals surface area contributed by atoms with Crippen molar-refractivity contribution in [1.82, 2.24) is 9.21 Å². The topological polar surface area (TPSA) is 83.7 Å². The first-order valence-corrected chi connectivity index (χ1v) is 10.4. The third-order valence-electron chi connectivity index (χ3n) is 5.32. The Balaban J connectivity index is 0.00000243. The van der Waals surface area contributed by atoms with Crippen molar-refractivity contribution in [1.29, 1.82) is 0 Å². The summed E-state index contributed by atoms with van der Waals surface area (Å²) in [5.41, 5.74) is 6.73. The highest BCUT2D eigenvalue weighted by atomic mass is 35.5. The van der Waals surface area contributed by atoms with Crippen molar-refractivity contribution in [2.75, 3.05) is 32.7 Å². The number of benzene rings is 1. The van der Waals surface area contributed by atoms with E-state index in [1.807, 2.05) is 11.8 Å². The molecule has 0 bridgehead atoms. The minimum atomic E-state index is -3.54. The summed E-state index contributed by atoms with van der Waals surface area (Å²) in [5, 5.41) is 0. The van der Waals surface area contributed by atoms with Gasteiger partial charge in [0, 0.05) is 26.2 Å². The van der Waals surface area contributed by atoms with Crippen LogP contribution < -0.4 is 5.73 Å². The van der Waals surface area contributed by atoms with Gasteiger partial charge >= 0.3 is 0 Å². The average molecular weight is 402 g/mol. The van der Waals surface area contributed by atoms with E-state index >= 15 is 0 Å². The summed E-state index contributed by atoms with van der Waals surface area (Å²) in [4.78, 5) is 14.9. The zero-order chi connectivity index (χ0) is 18.0. The third-order valence-corrected chi connectivity index (χ3v) is 7.20. The van der Waals surface area contributed by atoms with E-state index in [2.05, 4.69) is 0 Å². The fraction of sp³-hybridized carbons (Fsp3) is 0.611. The standard InChI is InChI=1S/C18H27N3O3S.ClH/c1-14-4-6-17(7-5-14)25(23,24)21-9-2-3-16(13-21)18(22)20-10-8-15(11-19)12-20;/h4-7,15-16H,2-3,8-13,19H2,1H3;1H. The Morgan fingerprint density at radius 1 is 1.15 bits per heavy atom. The zero-order valence-corrected chi connectivity index (χ0v) is 16.8. The molecule has 2 N–H and O–H groups in total. The van der Waals surface area contributed by atoms with Crippen molar-refractivity contribution in [2.45, 2.75) is 31.1 Å². The van der Waals surface area contributed by atoms with Crippen LogP contribution in [0.3, 0.4) is 0 Å². The molecule has 8 heteroatoms. The van der Waals surface area contributed by atoms with Gasteiger partial charge in [0.15, 0.2) is 0 Å². The van der Waals surface area contributed by atoms with E-state index in [4.69, 9.17) is 5.73 Å². The Morgan fingerprint density at radius 3 is 2.46 bits per heavy atom. The molecule has 2 saturated heterocycles. The van der Waals surface area contributed by atoms with Gasteiger partial charge in [0.2, 0.25) is 15.9 Å². The fourth-order valence-electron chi connectivity index (χ4n) is 3.71. The molecule has 0 aliphatic carbocycles. The van der Waals surface area contributed by atoms with Crippen molar-refractivity contribution in [3.05, 3.63) is 29.8 Å². The van der Waals surface area contributed by atoms with Gasteiger partial charge < -0.3 is 10.6 Å². The van der Waals surface area contributed by atoms with Crippen LogP contribution in [0.4, 0.5) is 0 Å². The summed E-state index contributed by atoms with van der Waals surface area (Å²) < 4.78 is 27.2. The van der Waals surface area contributed by atoms with E-state index in [0.717, 1.165) is 31.4 Å². The number of aryl methyl sites for hydroxylation is 1. The molecular formula is C18H28ClN3O3S. The van der Waals surface area contributed by atoms with Gasteiger partial charge in [0.05, 0.1) is 10.8 Å². The predicted octanol–water partition coefficient (Wildman–Crippen LogP) is 1.62. The van der Waals surface area contributed by atoms with Crippen LogP contribution in [0.5, 0.6) is 0 Å². The number of piperidine rings is 1. The number of carbonyl (C=O) groups is 1. The maximum absolute atomic E-state index is 12.9. The van der Waals surface area contributed by atoms with Gasteiger partial charge in [0.25, 0.3) is 0 Å². The summed E-state index contributed by atoms with van der Waals surface area (Å²) in [6, 6.07) is 6.89. The lowest BCUT2D eigenvalue weighted by Crippen LogP contribution is -2.46. The van der Waals surface area contributed by atoms with Crippen molar-refractivity contribution in [3.8, 4) is 0 Å². The SMILES string of the molecule is Cc1ccc(S(=O)(=O)N2CCCC(C(=O)N3CCC(CN)C3)C2)cc1.Cl. The summed E-state index contributed by atoms with van der Waals surface area (Å²) in [6.07, 6.45) is 2.42. The van der Waals surface area contributed by atoms with Crippen LogP contribution in [0.2, 0.25) is 0 Å². The number of halogens is 1. The first kappa shape index (κ1) is 21.2. The highest BCUT2D eigenvalue weighted by Gasteiger charge is 2.36. The number of nitrogens with zero attached hydrogens (tertiary/aromatic N) is 2. The summed E-state index contributed by atoms with van der Waals surface area (Å²) in [6.45, 7) is 4.72.